The fraction of sp³-hybridized carbons (Fsp3) is 0.452. The van der Waals surface area contributed by atoms with E-state index >= 15 is 0 Å². The number of rotatable bonds is 3. The summed E-state index contributed by atoms with van der Waals surface area (Å²) >= 11 is 0. The average molecular weight is 718 g/mol. The largest absolute Gasteiger partial charge is 0.420 e. The first-order chi connectivity index (χ1) is 22.0. The Morgan fingerprint density at radius 1 is 0.510 bits per heavy atom. The van der Waals surface area contributed by atoms with E-state index in [-0.39, 0.29) is 18.9 Å². The number of ether oxygens (including phenoxy) is 2. The minimum Gasteiger partial charge on any atom is -0.420 e. The van der Waals surface area contributed by atoms with Gasteiger partial charge in [-0.1, -0.05) is 0 Å². The molecule has 0 radical (unpaired) electrons. The van der Waals surface area contributed by atoms with E-state index in [1.807, 2.05) is 0 Å². The first kappa shape index (κ1) is 42.4. The molecule has 1 aliphatic heterocycles. The summed E-state index contributed by atoms with van der Waals surface area (Å²) in [6, 6.07) is 0.0408. The van der Waals surface area contributed by atoms with Gasteiger partial charge < -0.3 is 14.3 Å². The molecule has 1 fully saturated rings. The van der Waals surface area contributed by atoms with Crippen LogP contribution in [0.5, 0.6) is 11.5 Å². The molecule has 0 spiro atoms. The number of halogens is 9. The number of hydrogen-bond acceptors (Lipinski definition) is 8. The van der Waals surface area contributed by atoms with Crippen LogP contribution in [0.3, 0.4) is 0 Å². The zero-order valence-electron chi connectivity index (χ0n) is 27.6. The number of carbonyl (C=O) groups is 5. The van der Waals surface area contributed by atoms with Crippen LogP contribution >= 0.6 is 0 Å². The van der Waals surface area contributed by atoms with Crippen LogP contribution in [0, 0.1) is 68.6 Å². The van der Waals surface area contributed by atoms with Crippen LogP contribution in [0.2, 0.25) is 0 Å². The van der Waals surface area contributed by atoms with Gasteiger partial charge in [0.25, 0.3) is 11.8 Å². The van der Waals surface area contributed by atoms with Gasteiger partial charge in [0.15, 0.2) is 11.6 Å². The third-order valence-corrected chi connectivity index (χ3v) is 5.65. The van der Waals surface area contributed by atoms with Gasteiger partial charge in [0.1, 0.15) is 0 Å². The van der Waals surface area contributed by atoms with Crippen molar-refractivity contribution in [3.8, 4) is 11.5 Å². The highest BCUT2D eigenvalue weighted by molar-refractivity contribution is 6.01. The van der Waals surface area contributed by atoms with Crippen molar-refractivity contribution in [3.63, 3.8) is 0 Å². The van der Waals surface area contributed by atoms with Crippen LogP contribution in [-0.4, -0.2) is 34.8 Å². The van der Waals surface area contributed by atoms with E-state index in [0.29, 0.717) is 5.06 Å². The molecule has 272 valence electrons. The monoisotopic (exact) mass is 717 g/mol. The van der Waals surface area contributed by atoms with Gasteiger partial charge in [-0.05, 0) is 62.3 Å². The molecule has 0 bridgehead atoms. The highest BCUT2D eigenvalue weighted by atomic mass is 19.2. The molecule has 1 saturated heterocycles. The zero-order chi connectivity index (χ0) is 38.6. The zero-order valence-corrected chi connectivity index (χ0v) is 27.6. The van der Waals surface area contributed by atoms with Crippen LogP contribution in [-0.2, 0) is 28.8 Å². The molecule has 2 amide bonds. The first-order valence-corrected chi connectivity index (χ1v) is 13.9. The standard InChI is InChI=1S/C11H9F5O2.C11H10F4O2.C9H13NO4/c1-11(2,3)10(17)18-9-7(15)5(13)4(12)6(14)8(9)16;1-11(2,3)10(16)17-9-7(14)5(12)4-6(13)8(9)15;1-9(2,3)8(13)14-10-6(11)4-5-7(10)12/h1-3H3;4H,1-3H3;4-5H2,1-3H3. The Morgan fingerprint density at radius 2 is 0.796 bits per heavy atom. The van der Waals surface area contributed by atoms with Crippen molar-refractivity contribution >= 4 is 29.7 Å². The van der Waals surface area contributed by atoms with E-state index in [1.165, 1.54) is 41.5 Å². The smallest absolute Gasteiger partial charge is 0.338 e. The van der Waals surface area contributed by atoms with Crippen LogP contribution in [0.4, 0.5) is 39.5 Å². The average Bonchev–Trinajstić information content (AvgIpc) is 3.29. The molecular weight excluding hydrogens is 685 g/mol. The van der Waals surface area contributed by atoms with Gasteiger partial charge in [-0.25, -0.2) is 26.7 Å². The summed E-state index contributed by atoms with van der Waals surface area (Å²) in [5.41, 5.74) is -2.93. The summed E-state index contributed by atoms with van der Waals surface area (Å²) in [6.45, 7) is 13.3. The van der Waals surface area contributed by atoms with Crippen LogP contribution in [0.15, 0.2) is 6.07 Å². The van der Waals surface area contributed by atoms with Gasteiger partial charge in [-0.3, -0.25) is 19.2 Å². The molecule has 18 heteroatoms. The van der Waals surface area contributed by atoms with E-state index in [0.717, 1.165) is 0 Å². The fourth-order valence-electron chi connectivity index (χ4n) is 2.68. The Kier molecular flexibility index (Phi) is 13.6. The number of carbonyl (C=O) groups excluding carboxylic acids is 5. The maximum absolute atomic E-state index is 13.2. The van der Waals surface area contributed by atoms with Crippen LogP contribution in [0.1, 0.15) is 75.2 Å². The van der Waals surface area contributed by atoms with Gasteiger partial charge in [-0.2, -0.15) is 17.6 Å². The highest BCUT2D eigenvalue weighted by Crippen LogP contribution is 2.31. The number of amides is 2. The van der Waals surface area contributed by atoms with E-state index in [9.17, 15) is 63.5 Å². The van der Waals surface area contributed by atoms with Gasteiger partial charge in [-0.15, -0.1) is 5.06 Å². The topological polar surface area (TPSA) is 116 Å². The summed E-state index contributed by atoms with van der Waals surface area (Å²) in [7, 11) is 0. The van der Waals surface area contributed by atoms with Crippen LogP contribution < -0.4 is 9.47 Å². The van der Waals surface area contributed by atoms with E-state index < -0.39 is 110 Å². The minimum atomic E-state index is -2.31. The number of hydrogen-bond donors (Lipinski definition) is 0. The molecule has 49 heavy (non-hydrogen) atoms. The van der Waals surface area contributed by atoms with E-state index in [2.05, 4.69) is 9.47 Å². The second-order valence-electron chi connectivity index (χ2n) is 13.2. The summed E-state index contributed by atoms with van der Waals surface area (Å²) in [6.07, 6.45) is 0.243. The Bertz CT molecular complexity index is 1570. The number of nitrogens with zero attached hydrogens (tertiary/aromatic N) is 1. The first-order valence-electron chi connectivity index (χ1n) is 13.9. The second-order valence-corrected chi connectivity index (χ2v) is 13.2. The quantitative estimate of drug-likeness (QED) is 0.0820. The van der Waals surface area contributed by atoms with Crippen LogP contribution in [0.25, 0.3) is 0 Å². The normalized spacial score (nSPS) is 13.2. The Morgan fingerprint density at radius 3 is 1.10 bits per heavy atom. The predicted octanol–water partition coefficient (Wildman–Crippen LogP) is 7.17. The molecule has 0 atom stereocenters. The van der Waals surface area contributed by atoms with Gasteiger partial charge in [0, 0.05) is 18.9 Å². The SMILES string of the molecule is CC(C)(C)C(=O)ON1C(=O)CCC1=O.CC(C)(C)C(=O)Oc1c(F)c(F)c(F)c(F)c1F.CC(C)(C)C(=O)Oc1c(F)c(F)cc(F)c1F. The molecule has 0 unspecified atom stereocenters. The maximum atomic E-state index is 13.2. The molecule has 1 heterocycles. The van der Waals surface area contributed by atoms with E-state index in [4.69, 9.17) is 4.84 Å². The lowest BCUT2D eigenvalue weighted by Crippen LogP contribution is -2.36. The van der Waals surface area contributed by atoms with Crippen molar-refractivity contribution in [2.24, 2.45) is 16.2 Å². The van der Waals surface area contributed by atoms with Crippen molar-refractivity contribution in [2.45, 2.75) is 75.2 Å². The lowest BCUT2D eigenvalue weighted by Gasteiger charge is -2.19. The van der Waals surface area contributed by atoms with Crippen molar-refractivity contribution in [1.29, 1.82) is 0 Å². The Balaban J connectivity index is 0.000000370. The van der Waals surface area contributed by atoms with Crippen molar-refractivity contribution in [1.82, 2.24) is 5.06 Å². The minimum absolute atomic E-state index is 0.0408. The second kappa shape index (κ2) is 15.7. The highest BCUT2D eigenvalue weighted by Gasteiger charge is 2.36. The molecule has 0 saturated carbocycles. The third kappa shape index (κ3) is 10.9. The van der Waals surface area contributed by atoms with Gasteiger partial charge in [0.05, 0.1) is 16.2 Å². The van der Waals surface area contributed by atoms with E-state index in [1.54, 1.807) is 20.8 Å². The number of hydroxylamine groups is 2. The third-order valence-electron chi connectivity index (χ3n) is 5.65. The molecule has 1 aliphatic rings. The van der Waals surface area contributed by atoms with Gasteiger partial charge >= 0.3 is 17.9 Å². The molecular formula is C31H32F9NO8. The fourth-order valence-corrected chi connectivity index (χ4v) is 2.68. The van der Waals surface area contributed by atoms with Crippen molar-refractivity contribution in [2.75, 3.05) is 0 Å². The summed E-state index contributed by atoms with van der Waals surface area (Å²) < 4.78 is 125. The predicted molar refractivity (Wildman–Crippen MR) is 149 cm³/mol. The summed E-state index contributed by atoms with van der Waals surface area (Å²) in [5, 5.41) is 0.563. The molecule has 2 aromatic carbocycles. The molecule has 3 rings (SSSR count). The Labute approximate surface area is 274 Å². The lowest BCUT2D eigenvalue weighted by atomic mass is 9.97. The molecule has 9 nitrogen and oxygen atoms in total. The summed E-state index contributed by atoms with van der Waals surface area (Å²) in [4.78, 5) is 60.9. The number of benzene rings is 2. The lowest BCUT2D eigenvalue weighted by molar-refractivity contribution is -0.203. The maximum Gasteiger partial charge on any atom is 0.338 e. The molecule has 0 aliphatic carbocycles. The van der Waals surface area contributed by atoms with Gasteiger partial charge in [0.2, 0.25) is 52.2 Å². The molecule has 2 aromatic rings. The number of imide groups is 1. The Hall–Kier alpha value is -4.64. The molecule has 0 aromatic heterocycles. The number of esters is 2. The van der Waals surface area contributed by atoms with Crippen molar-refractivity contribution in [3.05, 3.63) is 58.4 Å². The summed E-state index contributed by atoms with van der Waals surface area (Å²) in [5.74, 6) is -24.3. The van der Waals surface area contributed by atoms with Crippen molar-refractivity contribution < 1.29 is 77.8 Å². The molecule has 0 N–H and O–H groups in total.